The monoisotopic (exact) mass is 1070 g/mol. The third-order valence-corrected chi connectivity index (χ3v) is 19.1. The van der Waals surface area contributed by atoms with Gasteiger partial charge in [-0.2, -0.15) is 0 Å². The standard InChI is InChI=1S/C81H51NO2/c1-3-25-54(26-4-1)79(55-27-5-2-6-28-55)62-34-11-8-31-59(62)77-68(79)40-22-42-71(77)82(72-43-23-41-69-78(72)60-32-9-12-35-63(60)80(69)64-36-13-17-44-73(64)83-74-45-18-14-37-65(74)80)56-29-21-24-52(50-56)53-48-49-58-57-30-7-10-33-61(57)81(70(58)51-53)66-38-15-19-46-75(66)84-76-47-20-16-39-67(76)81/h1-51H. The fourth-order valence-corrected chi connectivity index (χ4v) is 16.0. The van der Waals surface area contributed by atoms with Crippen molar-refractivity contribution in [3.05, 3.63) is 376 Å². The van der Waals surface area contributed by atoms with Crippen LogP contribution in [0.15, 0.2) is 309 Å². The lowest BCUT2D eigenvalue weighted by molar-refractivity contribution is 0.436. The van der Waals surface area contributed by atoms with Crippen LogP contribution in [0.25, 0.3) is 44.5 Å². The van der Waals surface area contributed by atoms with Gasteiger partial charge < -0.3 is 14.4 Å². The van der Waals surface area contributed by atoms with E-state index in [2.05, 4.69) is 314 Å². The van der Waals surface area contributed by atoms with E-state index in [1.54, 1.807) is 0 Å². The van der Waals surface area contributed by atoms with E-state index in [1.165, 1.54) is 77.9 Å². The lowest BCUT2D eigenvalue weighted by atomic mass is 9.66. The van der Waals surface area contributed by atoms with Crippen LogP contribution in [0.5, 0.6) is 23.0 Å². The van der Waals surface area contributed by atoms with Crippen LogP contribution in [0.2, 0.25) is 0 Å². The quantitative estimate of drug-likeness (QED) is 0.166. The van der Waals surface area contributed by atoms with Crippen LogP contribution in [-0.4, -0.2) is 0 Å². The van der Waals surface area contributed by atoms with E-state index in [9.17, 15) is 0 Å². The number of fused-ring (bicyclic) bond motifs is 21. The number of anilines is 3. The van der Waals surface area contributed by atoms with Gasteiger partial charge in [-0.3, -0.25) is 0 Å². The molecule has 2 spiro atoms. The van der Waals surface area contributed by atoms with Crippen molar-refractivity contribution >= 4 is 17.1 Å². The van der Waals surface area contributed by atoms with E-state index in [0.29, 0.717) is 0 Å². The van der Waals surface area contributed by atoms with Gasteiger partial charge in [-0.05, 0) is 132 Å². The second-order valence-corrected chi connectivity index (χ2v) is 22.9. The summed E-state index contributed by atoms with van der Waals surface area (Å²) in [5.74, 6) is 3.51. The van der Waals surface area contributed by atoms with E-state index in [1.807, 2.05) is 0 Å². The van der Waals surface area contributed by atoms with Crippen molar-refractivity contribution in [3.8, 4) is 67.5 Å². The molecule has 13 aromatic carbocycles. The molecule has 0 saturated heterocycles. The highest BCUT2D eigenvalue weighted by molar-refractivity contribution is 6.03. The van der Waals surface area contributed by atoms with E-state index in [4.69, 9.17) is 9.47 Å². The lowest BCUT2D eigenvalue weighted by Crippen LogP contribution is -2.32. The Balaban J connectivity index is 0.919. The molecule has 84 heavy (non-hydrogen) atoms. The average molecular weight is 1070 g/mol. The van der Waals surface area contributed by atoms with Crippen molar-refractivity contribution < 1.29 is 9.47 Å². The third kappa shape index (κ3) is 6.04. The predicted molar refractivity (Wildman–Crippen MR) is 339 cm³/mol. The molecule has 2 heterocycles. The summed E-state index contributed by atoms with van der Waals surface area (Å²) in [7, 11) is 0. The molecule has 0 fully saturated rings. The van der Waals surface area contributed by atoms with Gasteiger partial charge in [0.1, 0.15) is 23.0 Å². The second-order valence-electron chi connectivity index (χ2n) is 22.9. The van der Waals surface area contributed by atoms with Crippen LogP contribution in [0.4, 0.5) is 17.1 Å². The van der Waals surface area contributed by atoms with Crippen LogP contribution < -0.4 is 14.4 Å². The van der Waals surface area contributed by atoms with Gasteiger partial charge in [0.25, 0.3) is 0 Å². The van der Waals surface area contributed by atoms with Crippen LogP contribution >= 0.6 is 0 Å². The topological polar surface area (TPSA) is 21.7 Å². The zero-order chi connectivity index (χ0) is 55.1. The first-order valence-corrected chi connectivity index (χ1v) is 29.1. The predicted octanol–water partition coefficient (Wildman–Crippen LogP) is 20.1. The molecule has 2 aliphatic heterocycles. The molecule has 0 saturated carbocycles. The maximum atomic E-state index is 6.84. The number of hydrogen-bond donors (Lipinski definition) is 0. The summed E-state index contributed by atoms with van der Waals surface area (Å²) in [4.78, 5) is 2.59. The third-order valence-electron chi connectivity index (χ3n) is 19.1. The van der Waals surface area contributed by atoms with Gasteiger partial charge in [0.15, 0.2) is 0 Å². The van der Waals surface area contributed by atoms with Crippen molar-refractivity contribution in [2.75, 3.05) is 4.90 Å². The molecule has 392 valence electrons. The van der Waals surface area contributed by atoms with Gasteiger partial charge >= 0.3 is 0 Å². The Hall–Kier alpha value is -10.7. The number of benzene rings is 13. The molecule has 0 atom stereocenters. The average Bonchev–Trinajstić information content (AvgIpc) is 1.79. The van der Waals surface area contributed by atoms with Gasteiger partial charge in [-0.1, -0.05) is 255 Å². The van der Waals surface area contributed by atoms with Crippen molar-refractivity contribution in [2.24, 2.45) is 0 Å². The van der Waals surface area contributed by atoms with Gasteiger partial charge in [0.2, 0.25) is 0 Å². The Morgan fingerprint density at radius 2 is 0.583 bits per heavy atom. The maximum Gasteiger partial charge on any atom is 0.132 e. The molecule has 0 N–H and O–H groups in total. The van der Waals surface area contributed by atoms with E-state index in [0.717, 1.165) is 73.4 Å². The first-order chi connectivity index (χ1) is 41.7. The molecular formula is C81H51NO2. The molecule has 18 rings (SSSR count). The van der Waals surface area contributed by atoms with Crippen molar-refractivity contribution in [1.29, 1.82) is 0 Å². The Labute approximate surface area is 488 Å². The first kappa shape index (κ1) is 47.0. The molecule has 13 aromatic rings. The minimum absolute atomic E-state index is 0.603. The zero-order valence-corrected chi connectivity index (χ0v) is 45.7. The van der Waals surface area contributed by atoms with Crippen molar-refractivity contribution in [2.45, 2.75) is 16.2 Å². The Bertz CT molecular complexity index is 4750. The molecule has 0 radical (unpaired) electrons. The fourth-order valence-electron chi connectivity index (χ4n) is 16.0. The Morgan fingerprint density at radius 1 is 0.226 bits per heavy atom. The van der Waals surface area contributed by atoms with Gasteiger partial charge in [-0.25, -0.2) is 0 Å². The number of rotatable bonds is 6. The van der Waals surface area contributed by atoms with E-state index >= 15 is 0 Å². The fraction of sp³-hybridized carbons (Fsp3) is 0.0370. The SMILES string of the molecule is c1ccc(C2(c3ccccc3)c3ccccc3-c3c(N(c4cccc(-c5ccc6c(c5)C5(c7ccccc7Oc7ccccc75)c5ccccc5-6)c4)c4cccc5c4-c4ccccc4C54c5ccccc5Oc5ccccc54)cccc32)cc1. The van der Waals surface area contributed by atoms with Gasteiger partial charge in [0.05, 0.1) is 27.6 Å². The number of hydrogen-bond acceptors (Lipinski definition) is 3. The summed E-state index contributed by atoms with van der Waals surface area (Å²) in [6, 6.07) is 115. The molecular weight excluding hydrogens is 1020 g/mol. The van der Waals surface area contributed by atoms with Crippen LogP contribution in [-0.2, 0) is 16.2 Å². The summed E-state index contributed by atoms with van der Waals surface area (Å²) < 4.78 is 13.6. The highest BCUT2D eigenvalue weighted by atomic mass is 16.5. The van der Waals surface area contributed by atoms with Crippen molar-refractivity contribution in [3.63, 3.8) is 0 Å². The maximum absolute atomic E-state index is 6.84. The highest BCUT2D eigenvalue weighted by Gasteiger charge is 2.54. The first-order valence-electron chi connectivity index (χ1n) is 29.1. The summed E-state index contributed by atoms with van der Waals surface area (Å²) in [6.07, 6.45) is 0. The Morgan fingerprint density at radius 3 is 1.10 bits per heavy atom. The molecule has 0 amide bonds. The van der Waals surface area contributed by atoms with Crippen LogP contribution in [0, 0.1) is 0 Å². The minimum Gasteiger partial charge on any atom is -0.457 e. The number of ether oxygens (including phenoxy) is 2. The molecule has 0 unspecified atom stereocenters. The van der Waals surface area contributed by atoms with E-state index in [-0.39, 0.29) is 0 Å². The van der Waals surface area contributed by atoms with Gasteiger partial charge in [0, 0.05) is 39.1 Å². The summed E-state index contributed by atoms with van der Waals surface area (Å²) in [6.45, 7) is 0. The summed E-state index contributed by atoms with van der Waals surface area (Å²) >= 11 is 0. The molecule has 5 aliphatic rings. The lowest BCUT2D eigenvalue weighted by Gasteiger charge is -2.39. The van der Waals surface area contributed by atoms with Crippen molar-refractivity contribution in [1.82, 2.24) is 0 Å². The molecule has 0 bridgehead atoms. The summed E-state index contributed by atoms with van der Waals surface area (Å²) in [5, 5.41) is 0. The molecule has 3 nitrogen and oxygen atoms in total. The molecule has 0 aromatic heterocycles. The highest BCUT2D eigenvalue weighted by Crippen LogP contribution is 2.67. The molecule has 3 aliphatic carbocycles. The largest absolute Gasteiger partial charge is 0.457 e. The minimum atomic E-state index is -0.665. The summed E-state index contributed by atoms with van der Waals surface area (Å²) in [5.41, 5.74) is 25.5. The van der Waals surface area contributed by atoms with E-state index < -0.39 is 16.2 Å². The normalized spacial score (nSPS) is 14.7. The van der Waals surface area contributed by atoms with Crippen LogP contribution in [0.3, 0.4) is 0 Å². The van der Waals surface area contributed by atoms with Gasteiger partial charge in [-0.15, -0.1) is 0 Å². The van der Waals surface area contributed by atoms with Crippen LogP contribution in [0.1, 0.15) is 66.8 Å². The molecule has 3 heteroatoms. The number of nitrogens with zero attached hydrogens (tertiary/aromatic N) is 1. The Kier molecular flexibility index (Phi) is 9.86. The smallest absolute Gasteiger partial charge is 0.132 e. The number of para-hydroxylation sites is 4. The second kappa shape index (κ2) is 17.6. The zero-order valence-electron chi connectivity index (χ0n) is 45.7.